The summed E-state index contributed by atoms with van der Waals surface area (Å²) in [7, 11) is 0. The quantitative estimate of drug-likeness (QED) is 0.681. The average Bonchev–Trinajstić information content (AvgIpc) is 2.03. The molecule has 1 N–H and O–H groups in total. The van der Waals surface area contributed by atoms with E-state index in [9.17, 15) is 9.90 Å². The molecule has 0 heterocycles. The number of hydrogen-bond acceptors (Lipinski definition) is 2. The number of hydrogen-bond donors (Lipinski definition) is 1. The molecule has 1 saturated carbocycles. The summed E-state index contributed by atoms with van der Waals surface area (Å²) in [5.74, 6) is 0.711. The van der Waals surface area contributed by atoms with Gasteiger partial charge >= 0.3 is 0 Å². The molecule has 0 aromatic carbocycles. The third-order valence-corrected chi connectivity index (χ3v) is 2.80. The van der Waals surface area contributed by atoms with Gasteiger partial charge in [0, 0.05) is 12.8 Å². The lowest BCUT2D eigenvalue weighted by Gasteiger charge is -2.24. The molecule has 0 aromatic rings. The Balaban J connectivity index is 2.21. The molecule has 1 unspecified atom stereocenters. The molecule has 0 spiro atoms. The second-order valence-electron chi connectivity index (χ2n) is 4.20. The number of aliphatic hydroxyl groups is 1. The first-order valence-electron chi connectivity index (χ1n) is 5.42. The maximum absolute atomic E-state index is 11.2. The Morgan fingerprint density at radius 1 is 1.38 bits per heavy atom. The highest BCUT2D eigenvalue weighted by Crippen LogP contribution is 2.26. The van der Waals surface area contributed by atoms with E-state index in [1.165, 1.54) is 19.3 Å². The zero-order chi connectivity index (χ0) is 9.68. The van der Waals surface area contributed by atoms with E-state index >= 15 is 0 Å². The molecule has 13 heavy (non-hydrogen) atoms. The number of carbonyl (C=O) groups is 1. The maximum Gasteiger partial charge on any atom is 0.135 e. The molecule has 1 aliphatic carbocycles. The van der Waals surface area contributed by atoms with Crippen molar-refractivity contribution < 1.29 is 9.90 Å². The van der Waals surface area contributed by atoms with Gasteiger partial charge < -0.3 is 5.11 Å². The standard InChI is InChI=1S/C11H20O2/c1-2-3-4-5-9-6-10(12)8-11(13)7-9/h9-10,12H,2-8H2,1H3/t9-,10?/m1/s1. The van der Waals surface area contributed by atoms with Gasteiger partial charge in [-0.1, -0.05) is 26.2 Å². The molecular formula is C11H20O2. The van der Waals surface area contributed by atoms with E-state index in [-0.39, 0.29) is 11.9 Å². The van der Waals surface area contributed by atoms with Crippen LogP contribution in [0.3, 0.4) is 0 Å². The van der Waals surface area contributed by atoms with Crippen LogP contribution in [0.1, 0.15) is 51.9 Å². The van der Waals surface area contributed by atoms with Crippen molar-refractivity contribution in [3.8, 4) is 0 Å². The minimum atomic E-state index is -0.354. The van der Waals surface area contributed by atoms with E-state index in [2.05, 4.69) is 6.92 Å². The Bertz CT molecular complexity index is 165. The van der Waals surface area contributed by atoms with Gasteiger partial charge in [0.2, 0.25) is 0 Å². The molecule has 76 valence electrons. The van der Waals surface area contributed by atoms with Gasteiger partial charge in [-0.05, 0) is 18.8 Å². The molecule has 1 fully saturated rings. The Hall–Kier alpha value is -0.370. The summed E-state index contributed by atoms with van der Waals surface area (Å²) in [5, 5.41) is 9.39. The van der Waals surface area contributed by atoms with E-state index in [1.54, 1.807) is 0 Å². The van der Waals surface area contributed by atoms with Crippen molar-refractivity contribution in [1.82, 2.24) is 0 Å². The maximum atomic E-state index is 11.2. The first kappa shape index (κ1) is 10.7. The van der Waals surface area contributed by atoms with Gasteiger partial charge in [0.25, 0.3) is 0 Å². The van der Waals surface area contributed by atoms with Crippen molar-refractivity contribution in [2.75, 3.05) is 0 Å². The molecule has 1 rings (SSSR count). The number of unbranched alkanes of at least 4 members (excludes halogenated alkanes) is 2. The van der Waals surface area contributed by atoms with Crippen LogP contribution < -0.4 is 0 Å². The van der Waals surface area contributed by atoms with Gasteiger partial charge in [0.1, 0.15) is 5.78 Å². The minimum Gasteiger partial charge on any atom is -0.393 e. The molecule has 2 atom stereocenters. The molecule has 0 aliphatic heterocycles. The SMILES string of the molecule is CCCCC[C@H]1CC(=O)CC(O)C1. The number of carbonyl (C=O) groups excluding carboxylic acids is 1. The van der Waals surface area contributed by atoms with Crippen LogP contribution >= 0.6 is 0 Å². The predicted octanol–water partition coefficient (Wildman–Crippen LogP) is 2.30. The van der Waals surface area contributed by atoms with Gasteiger partial charge in [0.05, 0.1) is 6.10 Å². The van der Waals surface area contributed by atoms with E-state index in [0.29, 0.717) is 18.8 Å². The lowest BCUT2D eigenvalue weighted by molar-refractivity contribution is -0.124. The van der Waals surface area contributed by atoms with Crippen LogP contribution in [0.25, 0.3) is 0 Å². The van der Waals surface area contributed by atoms with Crippen LogP contribution in [0.5, 0.6) is 0 Å². The summed E-state index contributed by atoms with van der Waals surface area (Å²) >= 11 is 0. The fourth-order valence-electron chi connectivity index (χ4n) is 2.12. The van der Waals surface area contributed by atoms with Gasteiger partial charge in [-0.15, -0.1) is 0 Å². The fourth-order valence-corrected chi connectivity index (χ4v) is 2.12. The fraction of sp³-hybridized carbons (Fsp3) is 0.909. The number of rotatable bonds is 4. The van der Waals surface area contributed by atoms with E-state index in [0.717, 1.165) is 12.8 Å². The van der Waals surface area contributed by atoms with Crippen LogP contribution in [0.15, 0.2) is 0 Å². The molecule has 0 radical (unpaired) electrons. The molecule has 0 aromatic heterocycles. The van der Waals surface area contributed by atoms with Crippen LogP contribution in [0.4, 0.5) is 0 Å². The molecule has 0 amide bonds. The number of ketones is 1. The molecular weight excluding hydrogens is 164 g/mol. The Morgan fingerprint density at radius 2 is 2.15 bits per heavy atom. The van der Waals surface area contributed by atoms with Gasteiger partial charge in [-0.25, -0.2) is 0 Å². The lowest BCUT2D eigenvalue weighted by Crippen LogP contribution is -2.26. The average molecular weight is 184 g/mol. The molecule has 0 bridgehead atoms. The van der Waals surface area contributed by atoms with Gasteiger partial charge in [0.15, 0.2) is 0 Å². The van der Waals surface area contributed by atoms with E-state index < -0.39 is 0 Å². The molecule has 2 heteroatoms. The van der Waals surface area contributed by atoms with Crippen molar-refractivity contribution in [3.05, 3.63) is 0 Å². The second kappa shape index (κ2) is 5.38. The zero-order valence-electron chi connectivity index (χ0n) is 8.46. The summed E-state index contributed by atoms with van der Waals surface area (Å²) in [6.45, 7) is 2.18. The Labute approximate surface area is 80.3 Å². The van der Waals surface area contributed by atoms with E-state index in [1.807, 2.05) is 0 Å². The highest BCUT2D eigenvalue weighted by Gasteiger charge is 2.25. The molecule has 1 aliphatic rings. The van der Waals surface area contributed by atoms with Gasteiger partial charge in [-0.2, -0.15) is 0 Å². The molecule has 0 saturated heterocycles. The van der Waals surface area contributed by atoms with Crippen LogP contribution in [0, 0.1) is 5.92 Å². The van der Waals surface area contributed by atoms with Crippen molar-refractivity contribution in [2.24, 2.45) is 5.92 Å². The smallest absolute Gasteiger partial charge is 0.135 e. The normalized spacial score (nSPS) is 29.2. The van der Waals surface area contributed by atoms with Crippen molar-refractivity contribution in [2.45, 2.75) is 58.0 Å². The van der Waals surface area contributed by atoms with Crippen LogP contribution in [-0.4, -0.2) is 17.0 Å². The van der Waals surface area contributed by atoms with Crippen LogP contribution in [0.2, 0.25) is 0 Å². The Morgan fingerprint density at radius 3 is 2.77 bits per heavy atom. The third-order valence-electron chi connectivity index (χ3n) is 2.80. The summed E-state index contributed by atoms with van der Waals surface area (Å²) in [6, 6.07) is 0. The van der Waals surface area contributed by atoms with Gasteiger partial charge in [-0.3, -0.25) is 4.79 Å². The minimum absolute atomic E-state index is 0.250. The summed E-state index contributed by atoms with van der Waals surface area (Å²) in [5.41, 5.74) is 0. The largest absolute Gasteiger partial charge is 0.393 e. The topological polar surface area (TPSA) is 37.3 Å². The number of Topliss-reactive ketones (excluding diaryl/α,β-unsaturated/α-hetero) is 1. The predicted molar refractivity (Wildman–Crippen MR) is 52.5 cm³/mol. The van der Waals surface area contributed by atoms with E-state index in [4.69, 9.17) is 0 Å². The highest BCUT2D eigenvalue weighted by molar-refractivity contribution is 5.79. The van der Waals surface area contributed by atoms with Crippen LogP contribution in [-0.2, 0) is 4.79 Å². The van der Waals surface area contributed by atoms with Crippen molar-refractivity contribution in [1.29, 1.82) is 0 Å². The zero-order valence-corrected chi connectivity index (χ0v) is 8.46. The summed E-state index contributed by atoms with van der Waals surface area (Å²) < 4.78 is 0. The highest BCUT2D eigenvalue weighted by atomic mass is 16.3. The molecule has 2 nitrogen and oxygen atoms in total. The van der Waals surface area contributed by atoms with Crippen molar-refractivity contribution in [3.63, 3.8) is 0 Å². The monoisotopic (exact) mass is 184 g/mol. The Kier molecular flexibility index (Phi) is 4.43. The first-order chi connectivity index (χ1) is 6.22. The summed E-state index contributed by atoms with van der Waals surface area (Å²) in [4.78, 5) is 11.2. The second-order valence-corrected chi connectivity index (χ2v) is 4.20. The van der Waals surface area contributed by atoms with Crippen molar-refractivity contribution >= 4 is 5.78 Å². The first-order valence-corrected chi connectivity index (χ1v) is 5.42. The summed E-state index contributed by atoms with van der Waals surface area (Å²) in [6.07, 6.45) is 6.40. The third kappa shape index (κ3) is 3.90. The number of aliphatic hydroxyl groups excluding tert-OH is 1. The lowest BCUT2D eigenvalue weighted by atomic mass is 9.83.